The smallest absolute Gasteiger partial charge is 0.270 e. The predicted molar refractivity (Wildman–Crippen MR) is 93.6 cm³/mol. The van der Waals surface area contributed by atoms with Crippen LogP contribution in [0.2, 0.25) is 0 Å². The summed E-state index contributed by atoms with van der Waals surface area (Å²) in [4.78, 5) is 16.6. The molecule has 1 aromatic heterocycles. The second-order valence-electron chi connectivity index (χ2n) is 6.74. The first-order valence-corrected chi connectivity index (χ1v) is 8.68. The average Bonchev–Trinajstić information content (AvgIpc) is 2.62. The highest BCUT2D eigenvalue weighted by Crippen LogP contribution is 2.29. The van der Waals surface area contributed by atoms with E-state index in [9.17, 15) is 13.6 Å². The number of nitrogens with zero attached hydrogens (tertiary/aromatic N) is 1. The van der Waals surface area contributed by atoms with E-state index in [4.69, 9.17) is 0 Å². The minimum atomic E-state index is -2.86. The van der Waals surface area contributed by atoms with Crippen molar-refractivity contribution in [3.8, 4) is 11.1 Å². The molecule has 3 rings (SSSR count). The van der Waals surface area contributed by atoms with Crippen molar-refractivity contribution in [3.05, 3.63) is 53.9 Å². The Morgan fingerprint density at radius 2 is 1.76 bits per heavy atom. The zero-order chi connectivity index (χ0) is 17.9. The van der Waals surface area contributed by atoms with E-state index in [0.717, 1.165) is 43.7 Å². The molecule has 1 aliphatic carbocycles. The molecule has 1 N–H and O–H groups in total. The highest BCUT2D eigenvalue weighted by atomic mass is 19.3. The maximum atomic E-state index is 13.3. The highest BCUT2D eigenvalue weighted by Gasteiger charge is 2.23. The third-order valence-corrected chi connectivity index (χ3v) is 4.67. The molecule has 0 bridgehead atoms. The van der Waals surface area contributed by atoms with Crippen molar-refractivity contribution in [2.75, 3.05) is 0 Å². The maximum absolute atomic E-state index is 13.3. The molecule has 0 radical (unpaired) electrons. The van der Waals surface area contributed by atoms with Crippen LogP contribution >= 0.6 is 0 Å². The zero-order valence-electron chi connectivity index (χ0n) is 14.3. The maximum Gasteiger partial charge on any atom is 0.270 e. The van der Waals surface area contributed by atoms with Crippen molar-refractivity contribution < 1.29 is 13.6 Å². The molecule has 1 amide bonds. The van der Waals surface area contributed by atoms with Crippen molar-refractivity contribution in [1.29, 1.82) is 0 Å². The van der Waals surface area contributed by atoms with E-state index >= 15 is 0 Å². The van der Waals surface area contributed by atoms with Gasteiger partial charge in [-0.1, -0.05) is 43.5 Å². The third kappa shape index (κ3) is 4.41. The van der Waals surface area contributed by atoms with Crippen LogP contribution in [0.25, 0.3) is 11.1 Å². The largest absolute Gasteiger partial charge is 0.349 e. The van der Waals surface area contributed by atoms with Gasteiger partial charge in [0.15, 0.2) is 0 Å². The van der Waals surface area contributed by atoms with Gasteiger partial charge in [0.1, 0.15) is 0 Å². The highest BCUT2D eigenvalue weighted by molar-refractivity contribution is 5.95. The summed E-state index contributed by atoms with van der Waals surface area (Å²) in [6, 6.07) is 8.06. The Bertz CT molecular complexity index is 732. The standard InChI is InChI=1S/C20H22F2N2O/c1-20(21,22)17-9-7-14(8-10-17)15-11-16(13-23-12-15)19(25)24-18-5-3-2-4-6-18/h7-13,18H,2-6H2,1H3,(H,24,25). The molecule has 132 valence electrons. The van der Waals surface area contributed by atoms with Gasteiger partial charge in [0.05, 0.1) is 5.56 Å². The van der Waals surface area contributed by atoms with Gasteiger partial charge in [-0.3, -0.25) is 9.78 Å². The number of rotatable bonds is 4. The number of halogens is 2. The first-order valence-electron chi connectivity index (χ1n) is 8.68. The quantitative estimate of drug-likeness (QED) is 0.855. The SMILES string of the molecule is CC(F)(F)c1ccc(-c2cncc(C(=O)NC3CCCCC3)c2)cc1. The lowest BCUT2D eigenvalue weighted by molar-refractivity contribution is 0.0175. The molecule has 1 aliphatic rings. The number of hydrogen-bond donors (Lipinski definition) is 1. The van der Waals surface area contributed by atoms with Gasteiger partial charge in [-0.05, 0) is 24.5 Å². The summed E-state index contributed by atoms with van der Waals surface area (Å²) in [7, 11) is 0. The number of pyridine rings is 1. The van der Waals surface area contributed by atoms with Gasteiger partial charge in [0.2, 0.25) is 0 Å². The van der Waals surface area contributed by atoms with Gasteiger partial charge in [0.25, 0.3) is 11.8 Å². The molecule has 5 heteroatoms. The summed E-state index contributed by atoms with van der Waals surface area (Å²) in [6.07, 6.45) is 8.75. The van der Waals surface area contributed by atoms with Gasteiger partial charge in [-0.2, -0.15) is 0 Å². The molecule has 0 aliphatic heterocycles. The normalized spacial score (nSPS) is 15.8. The number of carbonyl (C=O) groups excluding carboxylic acids is 1. The second-order valence-corrected chi connectivity index (χ2v) is 6.74. The monoisotopic (exact) mass is 344 g/mol. The molecule has 0 unspecified atom stereocenters. The van der Waals surface area contributed by atoms with Crippen LogP contribution in [0, 0.1) is 0 Å². The molecule has 1 saturated carbocycles. The van der Waals surface area contributed by atoms with Gasteiger partial charge in [-0.15, -0.1) is 0 Å². The first-order chi connectivity index (χ1) is 11.9. The van der Waals surface area contributed by atoms with Crippen molar-refractivity contribution in [1.82, 2.24) is 10.3 Å². The number of aromatic nitrogens is 1. The Morgan fingerprint density at radius 3 is 2.40 bits per heavy atom. The fourth-order valence-corrected chi connectivity index (χ4v) is 3.19. The van der Waals surface area contributed by atoms with Crippen molar-refractivity contribution in [2.45, 2.75) is 51.0 Å². The van der Waals surface area contributed by atoms with E-state index in [1.807, 2.05) is 0 Å². The van der Waals surface area contributed by atoms with Gasteiger partial charge in [-0.25, -0.2) is 8.78 Å². The molecule has 25 heavy (non-hydrogen) atoms. The molecule has 2 aromatic rings. The molecule has 0 spiro atoms. The van der Waals surface area contributed by atoms with Crippen molar-refractivity contribution >= 4 is 5.91 Å². The van der Waals surface area contributed by atoms with Crippen molar-refractivity contribution in [2.24, 2.45) is 0 Å². The Morgan fingerprint density at radius 1 is 1.08 bits per heavy atom. The molecule has 0 saturated heterocycles. The minimum Gasteiger partial charge on any atom is -0.349 e. The molecular formula is C20H22F2N2O. The Hall–Kier alpha value is -2.30. The van der Waals surface area contributed by atoms with Gasteiger partial charge < -0.3 is 5.32 Å². The molecule has 1 heterocycles. The molecule has 0 atom stereocenters. The summed E-state index contributed by atoms with van der Waals surface area (Å²) in [5.41, 5.74) is 1.96. The first kappa shape index (κ1) is 17.5. The summed E-state index contributed by atoms with van der Waals surface area (Å²) >= 11 is 0. The summed E-state index contributed by atoms with van der Waals surface area (Å²) < 4.78 is 26.6. The van der Waals surface area contributed by atoms with E-state index in [0.29, 0.717) is 5.56 Å². The van der Waals surface area contributed by atoms with Crippen molar-refractivity contribution in [3.63, 3.8) is 0 Å². The Kier molecular flexibility index (Phi) is 5.11. The minimum absolute atomic E-state index is 0.0320. The fourth-order valence-electron chi connectivity index (χ4n) is 3.19. The summed E-state index contributed by atoms with van der Waals surface area (Å²) in [5.74, 6) is -2.99. The lowest BCUT2D eigenvalue weighted by Crippen LogP contribution is -2.36. The lowest BCUT2D eigenvalue weighted by Gasteiger charge is -2.22. The van der Waals surface area contributed by atoms with Crippen LogP contribution in [0.15, 0.2) is 42.7 Å². The third-order valence-electron chi connectivity index (χ3n) is 4.67. The van der Waals surface area contributed by atoms with E-state index in [1.54, 1.807) is 24.4 Å². The molecule has 3 nitrogen and oxygen atoms in total. The number of carbonyl (C=O) groups is 1. The summed E-state index contributed by atoms with van der Waals surface area (Å²) in [5, 5.41) is 3.06. The summed E-state index contributed by atoms with van der Waals surface area (Å²) in [6.45, 7) is 0.875. The van der Waals surface area contributed by atoms with Crippen LogP contribution in [-0.4, -0.2) is 16.9 Å². The zero-order valence-corrected chi connectivity index (χ0v) is 14.3. The van der Waals surface area contributed by atoms with Crippen LogP contribution < -0.4 is 5.32 Å². The number of amides is 1. The Balaban J connectivity index is 1.75. The van der Waals surface area contributed by atoms with E-state index in [-0.39, 0.29) is 17.5 Å². The number of benzene rings is 1. The van der Waals surface area contributed by atoms with Crippen LogP contribution in [0.4, 0.5) is 8.78 Å². The number of nitrogens with one attached hydrogen (secondary N) is 1. The van der Waals surface area contributed by atoms with Crippen LogP contribution in [0.3, 0.4) is 0 Å². The molecule has 1 aromatic carbocycles. The number of hydrogen-bond acceptors (Lipinski definition) is 2. The van der Waals surface area contributed by atoms with Crippen LogP contribution in [0.1, 0.15) is 54.9 Å². The van der Waals surface area contributed by atoms with E-state index < -0.39 is 5.92 Å². The van der Waals surface area contributed by atoms with Crippen LogP contribution in [-0.2, 0) is 5.92 Å². The predicted octanol–water partition coefficient (Wildman–Crippen LogP) is 4.92. The van der Waals surface area contributed by atoms with Crippen LogP contribution in [0.5, 0.6) is 0 Å². The lowest BCUT2D eigenvalue weighted by atomic mass is 9.95. The fraction of sp³-hybridized carbons (Fsp3) is 0.400. The Labute approximate surface area is 146 Å². The molecule has 1 fully saturated rings. The topological polar surface area (TPSA) is 42.0 Å². The van der Waals surface area contributed by atoms with Gasteiger partial charge >= 0.3 is 0 Å². The van der Waals surface area contributed by atoms with E-state index in [1.165, 1.54) is 24.8 Å². The second kappa shape index (κ2) is 7.30. The average molecular weight is 344 g/mol. The number of alkyl halides is 2. The van der Waals surface area contributed by atoms with Gasteiger partial charge in [0, 0.05) is 36.5 Å². The van der Waals surface area contributed by atoms with E-state index in [2.05, 4.69) is 10.3 Å². The molecular weight excluding hydrogens is 322 g/mol.